The lowest BCUT2D eigenvalue weighted by atomic mass is 9.83. The van der Waals surface area contributed by atoms with Gasteiger partial charge in [0, 0.05) is 62.8 Å². The number of likely N-dealkylation sites (tertiary alicyclic amines) is 1. The van der Waals surface area contributed by atoms with Crippen molar-refractivity contribution in [3.63, 3.8) is 0 Å². The van der Waals surface area contributed by atoms with Gasteiger partial charge in [-0.25, -0.2) is 4.68 Å². The Morgan fingerprint density at radius 3 is 2.71 bits per heavy atom. The number of hydrogen-bond donors (Lipinski definition) is 1. The van der Waals surface area contributed by atoms with E-state index in [0.29, 0.717) is 29.2 Å². The summed E-state index contributed by atoms with van der Waals surface area (Å²) >= 11 is 0. The highest BCUT2D eigenvalue weighted by molar-refractivity contribution is 6.04. The van der Waals surface area contributed by atoms with Crippen LogP contribution in [0.1, 0.15) is 28.5 Å². The van der Waals surface area contributed by atoms with Gasteiger partial charge in [0.15, 0.2) is 5.69 Å². The van der Waals surface area contributed by atoms with Crippen molar-refractivity contribution in [2.45, 2.75) is 18.9 Å². The molecule has 1 amide bonds. The molecule has 1 aromatic carbocycles. The van der Waals surface area contributed by atoms with Gasteiger partial charge < -0.3 is 14.8 Å². The standard InChI is InChI=1S/C23H25N5O3/c1-26-23(31)18-6-3-2-5-17(18)21(25-26)22(30)24-9-10-27-12-15-11-16(14-27)19-7-4-8-20(29)28(19)13-15/h2-8,15-16H,9-14H2,1H3,(H,24,30). The Bertz CT molecular complexity index is 1280. The molecule has 2 aliphatic rings. The van der Waals surface area contributed by atoms with E-state index in [1.807, 2.05) is 10.6 Å². The molecule has 8 nitrogen and oxygen atoms in total. The number of aryl methyl sites for hydroxylation is 1. The summed E-state index contributed by atoms with van der Waals surface area (Å²) in [7, 11) is 1.56. The Morgan fingerprint density at radius 1 is 1.06 bits per heavy atom. The van der Waals surface area contributed by atoms with Crippen LogP contribution in [0.25, 0.3) is 10.8 Å². The highest BCUT2D eigenvalue weighted by Crippen LogP contribution is 2.34. The summed E-state index contributed by atoms with van der Waals surface area (Å²) in [5.41, 5.74) is 1.26. The number of nitrogens with one attached hydrogen (secondary N) is 1. The maximum atomic E-state index is 12.8. The lowest BCUT2D eigenvalue weighted by Gasteiger charge is -2.42. The van der Waals surface area contributed by atoms with Crippen molar-refractivity contribution in [2.75, 3.05) is 26.2 Å². The fourth-order valence-electron chi connectivity index (χ4n) is 5.06. The van der Waals surface area contributed by atoms with E-state index >= 15 is 0 Å². The first kappa shape index (κ1) is 19.7. The van der Waals surface area contributed by atoms with Crippen molar-refractivity contribution in [3.8, 4) is 0 Å². The molecule has 2 aliphatic heterocycles. The van der Waals surface area contributed by atoms with E-state index in [1.165, 1.54) is 4.68 Å². The predicted molar refractivity (Wildman–Crippen MR) is 117 cm³/mol. The van der Waals surface area contributed by atoms with Gasteiger partial charge in [-0.2, -0.15) is 5.10 Å². The molecule has 8 heteroatoms. The zero-order valence-corrected chi connectivity index (χ0v) is 17.5. The summed E-state index contributed by atoms with van der Waals surface area (Å²) in [5, 5.41) is 8.21. The first-order chi connectivity index (χ1) is 15.0. The summed E-state index contributed by atoms with van der Waals surface area (Å²) in [5.74, 6) is 0.531. The Labute approximate surface area is 179 Å². The topological polar surface area (TPSA) is 89.2 Å². The van der Waals surface area contributed by atoms with Crippen LogP contribution in [0.5, 0.6) is 0 Å². The number of rotatable bonds is 4. The lowest BCUT2D eigenvalue weighted by molar-refractivity contribution is 0.0922. The first-order valence-corrected chi connectivity index (χ1v) is 10.7. The van der Waals surface area contributed by atoms with E-state index < -0.39 is 0 Å². The summed E-state index contributed by atoms with van der Waals surface area (Å²) in [6, 6.07) is 12.6. The summed E-state index contributed by atoms with van der Waals surface area (Å²) in [6.07, 6.45) is 1.11. The molecular weight excluding hydrogens is 394 g/mol. The fraction of sp³-hybridized carbons (Fsp3) is 0.391. The van der Waals surface area contributed by atoms with Crippen molar-refractivity contribution in [1.82, 2.24) is 24.6 Å². The van der Waals surface area contributed by atoms with E-state index in [0.717, 1.165) is 38.3 Å². The van der Waals surface area contributed by atoms with E-state index in [1.54, 1.807) is 37.4 Å². The second-order valence-electron chi connectivity index (χ2n) is 8.54. The minimum Gasteiger partial charge on any atom is -0.349 e. The SMILES string of the molecule is Cn1nc(C(=O)NCCN2CC3CC(C2)c2cccc(=O)n2C3)c2ccccc2c1=O. The number of carbonyl (C=O) groups is 1. The van der Waals surface area contributed by atoms with E-state index in [-0.39, 0.29) is 22.7 Å². The molecule has 2 atom stereocenters. The Kier molecular flexibility index (Phi) is 4.94. The number of nitrogens with zero attached hydrogens (tertiary/aromatic N) is 4. The van der Waals surface area contributed by atoms with Crippen molar-refractivity contribution in [3.05, 3.63) is 74.6 Å². The number of piperidine rings is 1. The van der Waals surface area contributed by atoms with Crippen LogP contribution in [0.2, 0.25) is 0 Å². The maximum Gasteiger partial charge on any atom is 0.274 e. The van der Waals surface area contributed by atoms with Gasteiger partial charge in [0.1, 0.15) is 0 Å². The number of benzene rings is 1. The molecule has 2 aromatic heterocycles. The second kappa shape index (κ2) is 7.77. The molecule has 0 saturated carbocycles. The van der Waals surface area contributed by atoms with Crippen LogP contribution in [-0.2, 0) is 13.6 Å². The first-order valence-electron chi connectivity index (χ1n) is 10.7. The predicted octanol–water partition coefficient (Wildman–Crippen LogP) is 0.944. The second-order valence-corrected chi connectivity index (χ2v) is 8.54. The van der Waals surface area contributed by atoms with Crippen molar-refractivity contribution >= 4 is 16.7 Å². The number of amides is 1. The molecule has 1 saturated heterocycles. The molecule has 1 N–H and O–H groups in total. The third-order valence-corrected chi connectivity index (χ3v) is 6.44. The van der Waals surface area contributed by atoms with Crippen LogP contribution in [0, 0.1) is 5.92 Å². The molecule has 0 spiro atoms. The molecule has 160 valence electrons. The molecule has 31 heavy (non-hydrogen) atoms. The highest BCUT2D eigenvalue weighted by atomic mass is 16.2. The number of hydrogen-bond acceptors (Lipinski definition) is 5. The molecule has 2 bridgehead atoms. The third kappa shape index (κ3) is 3.57. The number of aromatic nitrogens is 3. The van der Waals surface area contributed by atoms with Gasteiger partial charge in [-0.15, -0.1) is 0 Å². The fourth-order valence-corrected chi connectivity index (χ4v) is 5.06. The lowest BCUT2D eigenvalue weighted by Crippen LogP contribution is -2.48. The molecule has 4 heterocycles. The third-order valence-electron chi connectivity index (χ3n) is 6.44. The van der Waals surface area contributed by atoms with Crippen LogP contribution in [0.4, 0.5) is 0 Å². The van der Waals surface area contributed by atoms with Gasteiger partial charge in [-0.1, -0.05) is 24.3 Å². The Hall–Kier alpha value is -3.26. The quantitative estimate of drug-likeness (QED) is 0.680. The van der Waals surface area contributed by atoms with Gasteiger partial charge in [0.25, 0.3) is 17.0 Å². The van der Waals surface area contributed by atoms with Crippen molar-refractivity contribution in [2.24, 2.45) is 13.0 Å². The van der Waals surface area contributed by atoms with Crippen molar-refractivity contribution in [1.29, 1.82) is 0 Å². The van der Waals surface area contributed by atoms with Gasteiger partial charge in [-0.05, 0) is 24.5 Å². The molecule has 3 aromatic rings. The number of fused-ring (bicyclic) bond motifs is 5. The largest absolute Gasteiger partial charge is 0.349 e. The summed E-state index contributed by atoms with van der Waals surface area (Å²) in [6.45, 7) is 3.81. The van der Waals surface area contributed by atoms with Crippen LogP contribution >= 0.6 is 0 Å². The highest BCUT2D eigenvalue weighted by Gasteiger charge is 2.34. The zero-order chi connectivity index (χ0) is 21.5. The molecule has 0 aliphatic carbocycles. The molecule has 2 unspecified atom stereocenters. The summed E-state index contributed by atoms with van der Waals surface area (Å²) in [4.78, 5) is 39.6. The minimum atomic E-state index is -0.277. The molecular formula is C23H25N5O3. The van der Waals surface area contributed by atoms with E-state index in [4.69, 9.17) is 0 Å². The number of carbonyl (C=O) groups excluding carboxylic acids is 1. The average molecular weight is 419 g/mol. The smallest absolute Gasteiger partial charge is 0.274 e. The number of pyridine rings is 1. The van der Waals surface area contributed by atoms with Crippen LogP contribution in [-0.4, -0.2) is 51.3 Å². The Balaban J connectivity index is 1.26. The van der Waals surface area contributed by atoms with Crippen molar-refractivity contribution < 1.29 is 4.79 Å². The average Bonchev–Trinajstić information content (AvgIpc) is 2.77. The summed E-state index contributed by atoms with van der Waals surface area (Å²) < 4.78 is 3.14. The monoisotopic (exact) mass is 419 g/mol. The van der Waals surface area contributed by atoms with Crippen LogP contribution in [0.15, 0.2) is 52.1 Å². The van der Waals surface area contributed by atoms with Crippen LogP contribution in [0.3, 0.4) is 0 Å². The molecule has 0 radical (unpaired) electrons. The Morgan fingerprint density at radius 2 is 1.87 bits per heavy atom. The van der Waals surface area contributed by atoms with E-state index in [9.17, 15) is 14.4 Å². The molecule has 1 fully saturated rings. The van der Waals surface area contributed by atoms with Gasteiger partial charge in [-0.3, -0.25) is 14.4 Å². The maximum absolute atomic E-state index is 12.8. The van der Waals surface area contributed by atoms with Gasteiger partial charge in [0.2, 0.25) is 0 Å². The van der Waals surface area contributed by atoms with Gasteiger partial charge >= 0.3 is 0 Å². The normalized spacial score (nSPS) is 20.4. The zero-order valence-electron chi connectivity index (χ0n) is 17.5. The minimum absolute atomic E-state index is 0.0879. The molecule has 5 rings (SSSR count). The van der Waals surface area contributed by atoms with E-state index in [2.05, 4.69) is 21.4 Å². The van der Waals surface area contributed by atoms with Gasteiger partial charge in [0.05, 0.1) is 5.39 Å². The van der Waals surface area contributed by atoms with Crippen LogP contribution < -0.4 is 16.4 Å².